The molecule has 8 nitrogen and oxygen atoms in total. The molecule has 0 aliphatic carbocycles. The second-order valence-corrected chi connectivity index (χ2v) is 12.0. The van der Waals surface area contributed by atoms with E-state index in [9.17, 15) is 14.9 Å². The Morgan fingerprint density at radius 1 is 1.22 bits per heavy atom. The Morgan fingerprint density at radius 3 is 2.54 bits per heavy atom. The molecule has 37 heavy (non-hydrogen) atoms. The van der Waals surface area contributed by atoms with Crippen LogP contribution < -0.4 is 10.3 Å². The van der Waals surface area contributed by atoms with Crippen LogP contribution in [-0.2, 0) is 25.6 Å². The number of carbonyl (C=O) groups excluding carboxylic acids is 2. The van der Waals surface area contributed by atoms with Gasteiger partial charge in [-0.25, -0.2) is 0 Å². The molecule has 1 heterocycles. The number of hydrazone groups is 1. The Bertz CT molecular complexity index is 1200. The van der Waals surface area contributed by atoms with Crippen LogP contribution in [0.15, 0.2) is 58.5 Å². The Hall–Kier alpha value is -3.35. The van der Waals surface area contributed by atoms with Gasteiger partial charge in [0.25, 0.3) is 5.91 Å². The third-order valence-electron chi connectivity index (χ3n) is 5.36. The molecule has 2 aromatic carbocycles. The summed E-state index contributed by atoms with van der Waals surface area (Å²) in [4.78, 5) is 25.9. The summed E-state index contributed by atoms with van der Waals surface area (Å²) < 4.78 is 10.4. The highest BCUT2D eigenvalue weighted by Crippen LogP contribution is 2.34. The Labute approximate surface area is 223 Å². The number of benzene rings is 2. The molecule has 1 N–H and O–H groups in total. The Kier molecular flexibility index (Phi) is 9.00. The van der Waals surface area contributed by atoms with Crippen LogP contribution in [0.5, 0.6) is 0 Å². The van der Waals surface area contributed by atoms with Crippen molar-refractivity contribution in [2.45, 2.75) is 75.8 Å². The van der Waals surface area contributed by atoms with Crippen molar-refractivity contribution in [3.63, 3.8) is 0 Å². The van der Waals surface area contributed by atoms with Gasteiger partial charge >= 0.3 is 5.97 Å². The molecule has 1 aliphatic rings. The van der Waals surface area contributed by atoms with Crippen LogP contribution in [0, 0.1) is 18.3 Å². The quantitative estimate of drug-likeness (QED) is 0.367. The first-order valence-corrected chi connectivity index (χ1v) is 12.9. The van der Waals surface area contributed by atoms with Crippen LogP contribution in [0.2, 0.25) is 0 Å². The number of rotatable bonds is 9. The number of ether oxygens (including phenoxy) is 2. The molecular formula is C28H34N4O4S. The van der Waals surface area contributed by atoms with Gasteiger partial charge in [0, 0.05) is 11.4 Å². The SMILES string of the molecule is Cc1cccc(N2N=C(C(CC#N)NCc3ccc(SC(C)(C)C(=O)OC(C)(C)C)cc3)OCC2=O)c1. The van der Waals surface area contributed by atoms with Crippen LogP contribution in [0.4, 0.5) is 5.69 Å². The van der Waals surface area contributed by atoms with Gasteiger partial charge in [0.2, 0.25) is 5.90 Å². The molecule has 0 fully saturated rings. The van der Waals surface area contributed by atoms with Crippen molar-refractivity contribution in [2.24, 2.45) is 5.10 Å². The van der Waals surface area contributed by atoms with Gasteiger partial charge in [-0.3, -0.25) is 9.59 Å². The highest BCUT2D eigenvalue weighted by atomic mass is 32.2. The van der Waals surface area contributed by atoms with Crippen LogP contribution in [0.1, 0.15) is 52.2 Å². The maximum atomic E-state index is 12.6. The molecule has 9 heteroatoms. The fourth-order valence-corrected chi connectivity index (χ4v) is 4.49. The summed E-state index contributed by atoms with van der Waals surface area (Å²) in [5.74, 6) is -0.233. The fraction of sp³-hybridized carbons (Fsp3) is 0.429. The molecule has 0 saturated carbocycles. The number of hydrogen-bond donors (Lipinski definition) is 1. The molecular weight excluding hydrogens is 488 g/mol. The van der Waals surface area contributed by atoms with Crippen LogP contribution in [0.3, 0.4) is 0 Å². The maximum Gasteiger partial charge on any atom is 0.322 e. The number of carbonyl (C=O) groups is 2. The minimum absolute atomic E-state index is 0.132. The van der Waals surface area contributed by atoms with Gasteiger partial charge in [-0.2, -0.15) is 10.3 Å². The van der Waals surface area contributed by atoms with Gasteiger partial charge in [-0.15, -0.1) is 16.9 Å². The van der Waals surface area contributed by atoms with E-state index in [-0.39, 0.29) is 24.9 Å². The number of nitriles is 1. The number of esters is 1. The van der Waals surface area contributed by atoms with Crippen molar-refractivity contribution in [2.75, 3.05) is 11.6 Å². The molecule has 0 spiro atoms. The second kappa shape index (κ2) is 11.8. The molecule has 1 atom stereocenters. The highest BCUT2D eigenvalue weighted by molar-refractivity contribution is 8.01. The molecule has 1 amide bonds. The van der Waals surface area contributed by atoms with Crippen molar-refractivity contribution in [3.8, 4) is 6.07 Å². The maximum absolute atomic E-state index is 12.6. The monoisotopic (exact) mass is 522 g/mol. The number of hydrogen-bond acceptors (Lipinski definition) is 8. The number of thioether (sulfide) groups is 1. The van der Waals surface area contributed by atoms with E-state index in [1.807, 2.05) is 90.1 Å². The molecule has 0 saturated heterocycles. The van der Waals surface area contributed by atoms with Gasteiger partial charge in [-0.05, 0) is 76.9 Å². The van der Waals surface area contributed by atoms with E-state index >= 15 is 0 Å². The van der Waals surface area contributed by atoms with Crippen molar-refractivity contribution < 1.29 is 19.1 Å². The largest absolute Gasteiger partial charge is 0.468 e. The van der Waals surface area contributed by atoms with E-state index in [2.05, 4.69) is 16.5 Å². The molecule has 0 radical (unpaired) electrons. The lowest BCUT2D eigenvalue weighted by atomic mass is 10.1. The van der Waals surface area contributed by atoms with E-state index < -0.39 is 16.4 Å². The zero-order valence-electron chi connectivity index (χ0n) is 22.2. The summed E-state index contributed by atoms with van der Waals surface area (Å²) in [5, 5.41) is 18.4. The summed E-state index contributed by atoms with van der Waals surface area (Å²) in [6.45, 7) is 11.5. The lowest BCUT2D eigenvalue weighted by molar-refractivity contribution is -0.156. The summed E-state index contributed by atoms with van der Waals surface area (Å²) in [7, 11) is 0. The number of nitrogens with one attached hydrogen (secondary N) is 1. The number of nitrogens with zero attached hydrogens (tertiary/aromatic N) is 3. The average Bonchev–Trinajstić information content (AvgIpc) is 2.82. The van der Waals surface area contributed by atoms with E-state index in [0.717, 1.165) is 16.0 Å². The standard InChI is InChI=1S/C28H34N4O4S/c1-19-8-7-9-21(16-19)32-24(33)18-35-25(31-32)23(14-15-29)30-17-20-10-12-22(13-11-20)37-28(5,6)26(34)36-27(2,3)4/h7-13,16,23,30H,14,17-18H2,1-6H3. The molecule has 0 bridgehead atoms. The lowest BCUT2D eigenvalue weighted by Crippen LogP contribution is -2.45. The highest BCUT2D eigenvalue weighted by Gasteiger charge is 2.34. The first-order valence-electron chi connectivity index (χ1n) is 12.1. The predicted octanol–water partition coefficient (Wildman–Crippen LogP) is 4.96. The first-order chi connectivity index (χ1) is 17.4. The van der Waals surface area contributed by atoms with E-state index in [4.69, 9.17) is 9.47 Å². The first kappa shape index (κ1) is 28.2. The Morgan fingerprint density at radius 2 is 1.92 bits per heavy atom. The molecule has 2 aromatic rings. The van der Waals surface area contributed by atoms with E-state index in [1.54, 1.807) is 0 Å². The third kappa shape index (κ3) is 8.07. The summed E-state index contributed by atoms with van der Waals surface area (Å²) >= 11 is 1.44. The minimum Gasteiger partial charge on any atom is -0.468 e. The number of anilines is 1. The fourth-order valence-electron chi connectivity index (χ4n) is 3.50. The van der Waals surface area contributed by atoms with Crippen molar-refractivity contribution >= 4 is 35.2 Å². The summed E-state index contributed by atoms with van der Waals surface area (Å²) in [6.07, 6.45) is 0.132. The summed E-state index contributed by atoms with van der Waals surface area (Å²) in [6, 6.07) is 17.0. The number of amides is 1. The van der Waals surface area contributed by atoms with Crippen LogP contribution in [-0.4, -0.2) is 40.8 Å². The molecule has 196 valence electrons. The smallest absolute Gasteiger partial charge is 0.322 e. The van der Waals surface area contributed by atoms with Crippen LogP contribution >= 0.6 is 11.8 Å². The van der Waals surface area contributed by atoms with Crippen LogP contribution in [0.25, 0.3) is 0 Å². The Balaban J connectivity index is 1.66. The van der Waals surface area contributed by atoms with Gasteiger partial charge in [0.05, 0.1) is 24.2 Å². The minimum atomic E-state index is -0.734. The van der Waals surface area contributed by atoms with Gasteiger partial charge < -0.3 is 14.8 Å². The van der Waals surface area contributed by atoms with Crippen molar-refractivity contribution in [1.82, 2.24) is 5.32 Å². The predicted molar refractivity (Wildman–Crippen MR) is 145 cm³/mol. The van der Waals surface area contributed by atoms with Crippen molar-refractivity contribution in [3.05, 3.63) is 59.7 Å². The van der Waals surface area contributed by atoms with E-state index in [0.29, 0.717) is 18.1 Å². The van der Waals surface area contributed by atoms with Gasteiger partial charge in [0.1, 0.15) is 10.3 Å². The summed E-state index contributed by atoms with van der Waals surface area (Å²) in [5.41, 5.74) is 2.12. The number of aryl methyl sites for hydroxylation is 1. The van der Waals surface area contributed by atoms with Crippen molar-refractivity contribution in [1.29, 1.82) is 5.26 Å². The molecule has 3 rings (SSSR count). The zero-order valence-corrected chi connectivity index (χ0v) is 23.0. The normalized spacial score (nSPS) is 14.9. The lowest BCUT2D eigenvalue weighted by Gasteiger charge is -2.28. The average molecular weight is 523 g/mol. The molecule has 1 aliphatic heterocycles. The topological polar surface area (TPSA) is 104 Å². The molecule has 1 unspecified atom stereocenters. The van der Waals surface area contributed by atoms with Gasteiger partial charge in [0.15, 0.2) is 6.61 Å². The third-order valence-corrected chi connectivity index (χ3v) is 6.54. The molecule has 0 aromatic heterocycles. The van der Waals surface area contributed by atoms with E-state index in [1.165, 1.54) is 16.8 Å². The van der Waals surface area contributed by atoms with Gasteiger partial charge in [-0.1, -0.05) is 24.3 Å². The second-order valence-electron chi connectivity index (χ2n) is 10.3. The zero-order chi connectivity index (χ0) is 27.2.